The molecule has 2 bridgehead atoms. The Kier molecular flexibility index (Phi) is 4.16. The summed E-state index contributed by atoms with van der Waals surface area (Å²) in [4.78, 5) is 16.4. The first-order valence-electron chi connectivity index (χ1n) is 9.46. The van der Waals surface area contributed by atoms with E-state index < -0.39 is 0 Å². The Balaban J connectivity index is 1.61. The summed E-state index contributed by atoms with van der Waals surface area (Å²) in [6, 6.07) is 8.71. The third kappa shape index (κ3) is 2.80. The topological polar surface area (TPSA) is 32.3 Å². The molecular weight excluding hydrogens is 328 g/mol. The van der Waals surface area contributed by atoms with E-state index in [1.807, 2.05) is 0 Å². The third-order valence-electron chi connectivity index (χ3n) is 6.29. The summed E-state index contributed by atoms with van der Waals surface area (Å²) in [5, 5.41) is 4.59. The molecule has 1 atom stereocenters. The highest BCUT2D eigenvalue weighted by atomic mass is 32.1. The number of nitrogens with zero attached hydrogens (tertiary/aromatic N) is 1. The number of fused-ring (bicyclic) bond motifs is 4. The maximum atomic E-state index is 13.0. The molecular formula is C21H28N2OS. The molecule has 2 aromatic rings. The van der Waals surface area contributed by atoms with Crippen LogP contribution in [0.25, 0.3) is 10.1 Å². The second-order valence-corrected chi connectivity index (χ2v) is 9.51. The van der Waals surface area contributed by atoms with Crippen LogP contribution in [-0.4, -0.2) is 35.5 Å². The Hall–Kier alpha value is -1.39. The van der Waals surface area contributed by atoms with Gasteiger partial charge in [0.25, 0.3) is 5.91 Å². The number of carbonyl (C=O) groups is 1. The van der Waals surface area contributed by atoms with Crippen molar-refractivity contribution < 1.29 is 4.79 Å². The normalized spacial score (nSPS) is 27.8. The molecule has 0 unspecified atom stereocenters. The first kappa shape index (κ1) is 17.0. The number of amides is 1. The van der Waals surface area contributed by atoms with Gasteiger partial charge in [0, 0.05) is 16.3 Å². The summed E-state index contributed by atoms with van der Waals surface area (Å²) in [7, 11) is 0. The maximum absolute atomic E-state index is 13.0. The van der Waals surface area contributed by atoms with Crippen LogP contribution >= 0.6 is 11.3 Å². The number of thiophene rings is 1. The average molecular weight is 357 g/mol. The highest BCUT2D eigenvalue weighted by Crippen LogP contribution is 2.39. The molecule has 4 heterocycles. The van der Waals surface area contributed by atoms with Crippen molar-refractivity contribution in [2.45, 2.75) is 58.0 Å². The number of hydrogen-bond acceptors (Lipinski definition) is 3. The number of piperidine rings is 3. The van der Waals surface area contributed by atoms with E-state index in [2.05, 4.69) is 62.2 Å². The van der Waals surface area contributed by atoms with Gasteiger partial charge in [0.15, 0.2) is 0 Å². The largest absolute Gasteiger partial charge is 0.346 e. The van der Waals surface area contributed by atoms with Crippen molar-refractivity contribution in [3.63, 3.8) is 0 Å². The molecule has 0 radical (unpaired) electrons. The number of carbonyl (C=O) groups excluding carboxylic acids is 1. The van der Waals surface area contributed by atoms with Crippen LogP contribution in [0.3, 0.4) is 0 Å². The van der Waals surface area contributed by atoms with Crippen LogP contribution in [0.1, 0.15) is 61.7 Å². The van der Waals surface area contributed by atoms with E-state index in [1.54, 1.807) is 11.3 Å². The lowest BCUT2D eigenvalue weighted by Gasteiger charge is -2.56. The Morgan fingerprint density at radius 1 is 1.28 bits per heavy atom. The van der Waals surface area contributed by atoms with E-state index in [9.17, 15) is 4.79 Å². The Bertz CT molecular complexity index is 799. The average Bonchev–Trinajstić information content (AvgIpc) is 3.02. The SMILES string of the molecule is CC(C)c1cccc2cc(C(=O)N[C@@H]3C4CCN(CC4)C3(C)C)sc12. The minimum Gasteiger partial charge on any atom is -0.346 e. The molecule has 0 spiro atoms. The Labute approximate surface area is 154 Å². The van der Waals surface area contributed by atoms with Crippen LogP contribution in [0.4, 0.5) is 0 Å². The molecule has 3 saturated heterocycles. The predicted octanol–water partition coefficient (Wildman–Crippen LogP) is 4.63. The van der Waals surface area contributed by atoms with Crippen molar-refractivity contribution in [1.82, 2.24) is 10.2 Å². The molecule has 0 aliphatic carbocycles. The summed E-state index contributed by atoms with van der Waals surface area (Å²) < 4.78 is 1.26. The van der Waals surface area contributed by atoms with E-state index in [0.29, 0.717) is 11.8 Å². The molecule has 1 amide bonds. The van der Waals surface area contributed by atoms with Gasteiger partial charge in [0.1, 0.15) is 0 Å². The molecule has 3 aliphatic rings. The van der Waals surface area contributed by atoms with Crippen molar-refractivity contribution >= 4 is 27.3 Å². The second-order valence-electron chi connectivity index (χ2n) is 8.46. The minimum absolute atomic E-state index is 0.0522. The first-order chi connectivity index (χ1) is 11.9. The zero-order valence-corrected chi connectivity index (χ0v) is 16.5. The monoisotopic (exact) mass is 356 g/mol. The third-order valence-corrected chi connectivity index (χ3v) is 7.49. The molecule has 1 aromatic heterocycles. The second kappa shape index (κ2) is 6.10. The van der Waals surface area contributed by atoms with E-state index in [-0.39, 0.29) is 17.5 Å². The van der Waals surface area contributed by atoms with Crippen molar-refractivity contribution in [1.29, 1.82) is 0 Å². The van der Waals surface area contributed by atoms with Crippen LogP contribution in [-0.2, 0) is 0 Å². The van der Waals surface area contributed by atoms with Gasteiger partial charge < -0.3 is 5.32 Å². The maximum Gasteiger partial charge on any atom is 0.261 e. The molecule has 3 nitrogen and oxygen atoms in total. The van der Waals surface area contributed by atoms with Gasteiger partial charge in [0.05, 0.1) is 4.88 Å². The number of benzene rings is 1. The lowest BCUT2D eigenvalue weighted by Crippen LogP contribution is -2.69. The van der Waals surface area contributed by atoms with Gasteiger partial charge in [-0.05, 0) is 68.6 Å². The van der Waals surface area contributed by atoms with Crippen LogP contribution in [0.5, 0.6) is 0 Å². The quantitative estimate of drug-likeness (QED) is 0.870. The van der Waals surface area contributed by atoms with E-state index in [0.717, 1.165) is 4.88 Å². The van der Waals surface area contributed by atoms with E-state index in [4.69, 9.17) is 0 Å². The van der Waals surface area contributed by atoms with Gasteiger partial charge in [-0.2, -0.15) is 0 Å². The van der Waals surface area contributed by atoms with Crippen molar-refractivity contribution in [3.05, 3.63) is 34.7 Å². The fraction of sp³-hybridized carbons (Fsp3) is 0.571. The molecule has 3 fully saturated rings. The molecule has 134 valence electrons. The van der Waals surface area contributed by atoms with Crippen LogP contribution in [0.15, 0.2) is 24.3 Å². The lowest BCUT2D eigenvalue weighted by molar-refractivity contribution is -0.0377. The Morgan fingerprint density at radius 2 is 2.00 bits per heavy atom. The summed E-state index contributed by atoms with van der Waals surface area (Å²) in [6.07, 6.45) is 2.41. The van der Waals surface area contributed by atoms with Gasteiger partial charge in [-0.1, -0.05) is 32.0 Å². The molecule has 0 saturated carbocycles. The van der Waals surface area contributed by atoms with Gasteiger partial charge >= 0.3 is 0 Å². The van der Waals surface area contributed by atoms with Gasteiger partial charge in [-0.15, -0.1) is 11.3 Å². The van der Waals surface area contributed by atoms with Gasteiger partial charge in [0.2, 0.25) is 0 Å². The summed E-state index contributed by atoms with van der Waals surface area (Å²) in [6.45, 7) is 11.3. The number of nitrogens with one attached hydrogen (secondary N) is 1. The van der Waals surface area contributed by atoms with E-state index in [1.165, 1.54) is 41.6 Å². The van der Waals surface area contributed by atoms with Gasteiger partial charge in [-0.3, -0.25) is 9.69 Å². The smallest absolute Gasteiger partial charge is 0.261 e. The fourth-order valence-electron chi connectivity index (χ4n) is 4.74. The summed E-state index contributed by atoms with van der Waals surface area (Å²) in [5.41, 5.74) is 1.39. The van der Waals surface area contributed by atoms with E-state index >= 15 is 0 Å². The zero-order chi connectivity index (χ0) is 17.8. The highest BCUT2D eigenvalue weighted by Gasteiger charge is 2.48. The molecule has 5 rings (SSSR count). The van der Waals surface area contributed by atoms with Gasteiger partial charge in [-0.25, -0.2) is 0 Å². The molecule has 1 aromatic carbocycles. The highest BCUT2D eigenvalue weighted by molar-refractivity contribution is 7.21. The zero-order valence-electron chi connectivity index (χ0n) is 15.6. The fourth-order valence-corrected chi connectivity index (χ4v) is 5.97. The molecule has 1 N–H and O–H groups in total. The number of rotatable bonds is 3. The molecule has 3 aliphatic heterocycles. The van der Waals surface area contributed by atoms with Crippen molar-refractivity contribution in [3.8, 4) is 0 Å². The van der Waals surface area contributed by atoms with Crippen LogP contribution in [0.2, 0.25) is 0 Å². The molecule has 25 heavy (non-hydrogen) atoms. The minimum atomic E-state index is 0.0522. The summed E-state index contributed by atoms with van der Waals surface area (Å²) in [5.74, 6) is 1.19. The van der Waals surface area contributed by atoms with Crippen molar-refractivity contribution in [2.24, 2.45) is 5.92 Å². The summed E-state index contributed by atoms with van der Waals surface area (Å²) >= 11 is 1.64. The predicted molar refractivity (Wildman–Crippen MR) is 106 cm³/mol. The van der Waals surface area contributed by atoms with Crippen molar-refractivity contribution in [2.75, 3.05) is 13.1 Å². The first-order valence-corrected chi connectivity index (χ1v) is 10.3. The standard InChI is InChI=1S/C21H28N2OS/c1-13(2)16-7-5-6-15-12-17(25-18(15)16)20(24)22-19-14-8-10-23(11-9-14)21(19,3)4/h5-7,12-14,19H,8-11H2,1-4H3,(H,22,24)/t19-/m1/s1. The Morgan fingerprint density at radius 3 is 2.64 bits per heavy atom. The van der Waals surface area contributed by atoms with Crippen LogP contribution in [0, 0.1) is 5.92 Å². The lowest BCUT2D eigenvalue weighted by atomic mass is 9.72. The molecule has 4 heteroatoms. The number of hydrogen-bond donors (Lipinski definition) is 1. The van der Waals surface area contributed by atoms with Crippen LogP contribution < -0.4 is 5.32 Å².